The highest BCUT2D eigenvalue weighted by molar-refractivity contribution is 14.1. The smallest absolute Gasteiger partial charge is 0.0226 e. The van der Waals surface area contributed by atoms with Gasteiger partial charge in [-0.2, -0.15) is 0 Å². The van der Waals surface area contributed by atoms with E-state index in [1.807, 2.05) is 0 Å². The zero-order valence-electron chi connectivity index (χ0n) is 4.81. The van der Waals surface area contributed by atoms with Crippen LogP contribution in [0.3, 0.4) is 0 Å². The van der Waals surface area contributed by atoms with Crippen LogP contribution in [0, 0.1) is 5.92 Å². The molecule has 0 amide bonds. The van der Waals surface area contributed by atoms with Crippen molar-refractivity contribution in [1.29, 1.82) is 0 Å². The number of halogens is 1. The number of piperidine rings is 1. The fraction of sp³-hybridized carbons (Fsp3) is 1.00. The van der Waals surface area contributed by atoms with E-state index < -0.39 is 0 Å². The summed E-state index contributed by atoms with van der Waals surface area (Å²) in [6.07, 6.45) is 4.43. The molecule has 1 saturated heterocycles. The van der Waals surface area contributed by atoms with Crippen LogP contribution in [0.4, 0.5) is 0 Å². The molecule has 1 saturated carbocycles. The van der Waals surface area contributed by atoms with E-state index in [9.17, 15) is 0 Å². The molecule has 0 aromatic carbocycles. The van der Waals surface area contributed by atoms with E-state index in [1.54, 1.807) is 0 Å². The Kier molecular flexibility index (Phi) is 1.26. The second-order valence-electron chi connectivity index (χ2n) is 2.83. The molecule has 2 aliphatic rings. The maximum absolute atomic E-state index is 2.48. The van der Waals surface area contributed by atoms with Crippen LogP contribution in [-0.2, 0) is 0 Å². The monoisotopic (exact) mass is 223 g/mol. The lowest BCUT2D eigenvalue weighted by atomic mass is 10.2. The number of fused-ring (bicyclic) bond motifs is 1. The third-order valence-corrected chi connectivity index (χ3v) is 3.39. The Labute approximate surface area is 63.9 Å². The summed E-state index contributed by atoms with van der Waals surface area (Å²) < 4.78 is 2.48. The van der Waals surface area contributed by atoms with Gasteiger partial charge in [0.05, 0.1) is 0 Å². The molecule has 0 bridgehead atoms. The molecule has 2 fully saturated rings. The largest absolute Gasteiger partial charge is 0.244 e. The van der Waals surface area contributed by atoms with Gasteiger partial charge in [-0.3, -0.25) is 0 Å². The zero-order valence-corrected chi connectivity index (χ0v) is 6.97. The standard InChI is InChI=1S/C6H10IN/c7-8-3-1-2-5-4-6(5)8/h5-6H,1-4H2. The molecule has 2 atom stereocenters. The zero-order chi connectivity index (χ0) is 5.56. The minimum atomic E-state index is 0.990. The second kappa shape index (κ2) is 1.84. The predicted octanol–water partition coefficient (Wildman–Crippen LogP) is 1.82. The van der Waals surface area contributed by atoms with Crippen LogP contribution in [0.15, 0.2) is 0 Å². The first kappa shape index (κ1) is 5.47. The Morgan fingerprint density at radius 2 is 2.38 bits per heavy atom. The second-order valence-corrected chi connectivity index (χ2v) is 4.07. The van der Waals surface area contributed by atoms with Crippen molar-refractivity contribution in [2.24, 2.45) is 5.92 Å². The summed E-state index contributed by atoms with van der Waals surface area (Å²) in [5, 5.41) is 0. The third-order valence-electron chi connectivity index (χ3n) is 2.19. The number of nitrogens with zero attached hydrogens (tertiary/aromatic N) is 1. The molecule has 2 unspecified atom stereocenters. The highest BCUT2D eigenvalue weighted by Crippen LogP contribution is 2.44. The molecule has 0 spiro atoms. The van der Waals surface area contributed by atoms with Crippen LogP contribution in [0.25, 0.3) is 0 Å². The first-order chi connectivity index (χ1) is 3.88. The van der Waals surface area contributed by atoms with E-state index in [2.05, 4.69) is 26.0 Å². The molecule has 0 aromatic heterocycles. The molecule has 2 heteroatoms. The summed E-state index contributed by atoms with van der Waals surface area (Å²) in [5.41, 5.74) is 0. The van der Waals surface area contributed by atoms with Crippen molar-refractivity contribution in [2.75, 3.05) is 6.54 Å². The number of hydrogen-bond donors (Lipinski definition) is 0. The normalized spacial score (nSPS) is 46.1. The van der Waals surface area contributed by atoms with Crippen molar-refractivity contribution in [3.8, 4) is 0 Å². The molecular formula is C6H10IN. The minimum Gasteiger partial charge on any atom is -0.244 e. The van der Waals surface area contributed by atoms with Gasteiger partial charge in [0, 0.05) is 35.5 Å². The van der Waals surface area contributed by atoms with E-state index >= 15 is 0 Å². The summed E-state index contributed by atoms with van der Waals surface area (Å²) in [6, 6.07) is 0.990. The maximum atomic E-state index is 2.48. The predicted molar refractivity (Wildman–Crippen MR) is 41.9 cm³/mol. The number of rotatable bonds is 0. The molecule has 0 aromatic rings. The van der Waals surface area contributed by atoms with Gasteiger partial charge in [0.25, 0.3) is 0 Å². The summed E-state index contributed by atoms with van der Waals surface area (Å²) >= 11 is 2.46. The first-order valence-electron chi connectivity index (χ1n) is 3.30. The summed E-state index contributed by atoms with van der Waals surface area (Å²) in [5.74, 6) is 1.10. The van der Waals surface area contributed by atoms with E-state index in [0.717, 1.165) is 12.0 Å². The number of hydrogen-bond acceptors (Lipinski definition) is 1. The van der Waals surface area contributed by atoms with Crippen LogP contribution in [0.1, 0.15) is 19.3 Å². The van der Waals surface area contributed by atoms with Crippen LogP contribution in [0.5, 0.6) is 0 Å². The quantitative estimate of drug-likeness (QED) is 0.447. The van der Waals surface area contributed by atoms with Crippen LogP contribution in [0.2, 0.25) is 0 Å². The van der Waals surface area contributed by atoms with Crippen LogP contribution < -0.4 is 0 Å². The molecule has 1 aliphatic carbocycles. The van der Waals surface area contributed by atoms with Gasteiger partial charge in [0.1, 0.15) is 0 Å². The highest BCUT2D eigenvalue weighted by atomic mass is 127. The lowest BCUT2D eigenvalue weighted by Gasteiger charge is -2.18. The van der Waals surface area contributed by atoms with Crippen molar-refractivity contribution in [1.82, 2.24) is 3.11 Å². The fourth-order valence-corrected chi connectivity index (χ4v) is 2.58. The van der Waals surface area contributed by atoms with E-state index in [0.29, 0.717) is 0 Å². The van der Waals surface area contributed by atoms with Crippen molar-refractivity contribution < 1.29 is 0 Å². The van der Waals surface area contributed by atoms with Gasteiger partial charge < -0.3 is 0 Å². The Bertz CT molecular complexity index is 105. The Balaban J connectivity index is 1.99. The van der Waals surface area contributed by atoms with Crippen LogP contribution in [-0.4, -0.2) is 15.7 Å². The molecular weight excluding hydrogens is 213 g/mol. The summed E-state index contributed by atoms with van der Waals surface area (Å²) in [4.78, 5) is 0. The fourth-order valence-electron chi connectivity index (χ4n) is 1.56. The topological polar surface area (TPSA) is 3.24 Å². The average molecular weight is 223 g/mol. The van der Waals surface area contributed by atoms with Gasteiger partial charge in [-0.15, -0.1) is 0 Å². The Morgan fingerprint density at radius 3 is 3.00 bits per heavy atom. The average Bonchev–Trinajstić information content (AvgIpc) is 2.45. The van der Waals surface area contributed by atoms with E-state index in [1.165, 1.54) is 25.8 Å². The third kappa shape index (κ3) is 0.778. The van der Waals surface area contributed by atoms with Crippen molar-refractivity contribution in [3.05, 3.63) is 0 Å². The molecule has 0 radical (unpaired) electrons. The van der Waals surface area contributed by atoms with Gasteiger partial charge in [-0.1, -0.05) is 0 Å². The SMILES string of the molecule is IN1CCCC2CC21. The van der Waals surface area contributed by atoms with Crippen LogP contribution >= 0.6 is 22.9 Å². The van der Waals surface area contributed by atoms with E-state index in [-0.39, 0.29) is 0 Å². The van der Waals surface area contributed by atoms with Gasteiger partial charge in [-0.25, -0.2) is 3.11 Å². The lowest BCUT2D eigenvalue weighted by Crippen LogP contribution is -2.21. The Hall–Kier alpha value is 0.690. The van der Waals surface area contributed by atoms with Crippen molar-refractivity contribution >= 4 is 22.9 Å². The maximum Gasteiger partial charge on any atom is 0.0226 e. The van der Waals surface area contributed by atoms with Gasteiger partial charge in [-0.05, 0) is 25.2 Å². The van der Waals surface area contributed by atoms with Gasteiger partial charge in [0.15, 0.2) is 0 Å². The molecule has 2 rings (SSSR count). The molecule has 8 heavy (non-hydrogen) atoms. The Morgan fingerprint density at radius 1 is 1.50 bits per heavy atom. The summed E-state index contributed by atoms with van der Waals surface area (Å²) in [6.45, 7) is 1.34. The van der Waals surface area contributed by atoms with Crippen molar-refractivity contribution in [2.45, 2.75) is 25.3 Å². The molecule has 1 nitrogen and oxygen atoms in total. The van der Waals surface area contributed by atoms with E-state index in [4.69, 9.17) is 0 Å². The lowest BCUT2D eigenvalue weighted by molar-refractivity contribution is 0.394. The highest BCUT2D eigenvalue weighted by Gasteiger charge is 2.42. The molecule has 46 valence electrons. The van der Waals surface area contributed by atoms with Gasteiger partial charge in [0.2, 0.25) is 0 Å². The molecule has 1 heterocycles. The van der Waals surface area contributed by atoms with Gasteiger partial charge >= 0.3 is 0 Å². The van der Waals surface area contributed by atoms with Crippen molar-refractivity contribution in [3.63, 3.8) is 0 Å². The minimum absolute atomic E-state index is 0.990. The summed E-state index contributed by atoms with van der Waals surface area (Å²) in [7, 11) is 0. The molecule has 1 aliphatic heterocycles. The molecule has 0 N–H and O–H groups in total. The first-order valence-corrected chi connectivity index (χ1v) is 4.27.